The van der Waals surface area contributed by atoms with Crippen molar-refractivity contribution in [3.63, 3.8) is 0 Å². The Kier molecular flexibility index (Phi) is 12.2. The molecule has 2 saturated heterocycles. The van der Waals surface area contributed by atoms with E-state index in [1.807, 2.05) is 19.0 Å². The van der Waals surface area contributed by atoms with Crippen molar-refractivity contribution in [2.24, 2.45) is 0 Å². The number of nitrogens with one attached hydrogen (secondary N) is 3. The van der Waals surface area contributed by atoms with Gasteiger partial charge in [0.05, 0.1) is 37.4 Å². The number of carbonyl (C=O) groups is 6. The normalized spacial score (nSPS) is 21.5. The molecule has 0 bridgehead atoms. The summed E-state index contributed by atoms with van der Waals surface area (Å²) in [7, 11) is 3.86. The largest absolute Gasteiger partial charge is 0.477 e. The van der Waals surface area contributed by atoms with Crippen LogP contribution in [0.5, 0.6) is 0 Å². The van der Waals surface area contributed by atoms with Crippen LogP contribution < -0.4 is 21.7 Å². The van der Waals surface area contributed by atoms with E-state index < -0.39 is 64.9 Å². The molecular weight excluding hydrogens is 843 g/mol. The molecule has 0 aromatic carbocycles. The van der Waals surface area contributed by atoms with Gasteiger partial charge in [0.1, 0.15) is 34.2 Å². The molecule has 7 N–H and O–H groups in total. The summed E-state index contributed by atoms with van der Waals surface area (Å²) in [5.41, 5.74) is 7.12. The maximum atomic E-state index is 13.5. The summed E-state index contributed by atoms with van der Waals surface area (Å²) >= 11 is 6.16. The Morgan fingerprint density at radius 2 is 1.54 bits per heavy atom. The van der Waals surface area contributed by atoms with E-state index in [0.717, 1.165) is 11.3 Å². The number of carboxylic acid groups (broad SMARTS) is 1. The van der Waals surface area contributed by atoms with Crippen molar-refractivity contribution >= 4 is 104 Å². The summed E-state index contributed by atoms with van der Waals surface area (Å²) in [4.78, 5) is 90.8. The number of nitrogen functional groups attached to an aromatic ring is 1. The van der Waals surface area contributed by atoms with Crippen LogP contribution in [0.1, 0.15) is 11.4 Å². The average molecular weight is 878 g/mol. The number of anilines is 2. The molecule has 0 unspecified atom stereocenters. The molecule has 57 heavy (non-hydrogen) atoms. The van der Waals surface area contributed by atoms with Crippen molar-refractivity contribution in [1.29, 1.82) is 0 Å². The maximum absolute atomic E-state index is 13.5. The van der Waals surface area contributed by atoms with Crippen molar-refractivity contribution in [3.8, 4) is 0 Å². The van der Waals surface area contributed by atoms with E-state index >= 15 is 0 Å². The zero-order valence-corrected chi connectivity index (χ0v) is 34.2. The van der Waals surface area contributed by atoms with E-state index in [9.17, 15) is 39.0 Å². The number of hydrogen-bond donors (Lipinski definition) is 6. The minimum Gasteiger partial charge on any atom is -0.477 e. The van der Waals surface area contributed by atoms with Crippen molar-refractivity contribution in [2.75, 3.05) is 55.6 Å². The topological polar surface area (TPSA) is 284 Å². The Labute approximate surface area is 344 Å². The second kappa shape index (κ2) is 17.1. The first-order valence-electron chi connectivity index (χ1n) is 17.1. The Morgan fingerprint density at radius 3 is 2.14 bits per heavy atom. The van der Waals surface area contributed by atoms with E-state index in [1.165, 1.54) is 56.4 Å². The third-order valence-corrected chi connectivity index (χ3v) is 14.2. The lowest BCUT2D eigenvalue weighted by Crippen LogP contribution is -2.71. The Hall–Kier alpha value is -4.60. The van der Waals surface area contributed by atoms with Crippen molar-refractivity contribution in [2.45, 2.75) is 47.4 Å². The number of aromatic nitrogens is 6. The zero-order chi connectivity index (χ0) is 40.5. The van der Waals surface area contributed by atoms with E-state index in [0.29, 0.717) is 51.7 Å². The summed E-state index contributed by atoms with van der Waals surface area (Å²) in [6.45, 7) is 0.782. The summed E-state index contributed by atoms with van der Waals surface area (Å²) in [6.07, 6.45) is -0.297. The molecule has 0 saturated carbocycles. The standard InChI is InChI=1S/C31H35N13O8S5/c1-41(2)3-4-42-31(38-39-40-42)57-10-14-9-54-27-20(25(50)44(27)22(14)28(51)52)36-18(47)6-16-12-56-30(34-16)37-23(48)21-13(7-45)8-53-26-19(24(49)43(21)26)35-17(46)5-15-11-55-29(32)33-15/h11-12,19-20,26-27,45H,3-10H2,1-2H3,(H2,32,33)(H,35,46)(H,36,47)(H,51,52)(H,34,37,48)/t19-,20-,26-,27-/m1/s1. The van der Waals surface area contributed by atoms with Crippen molar-refractivity contribution in [3.05, 3.63) is 44.7 Å². The number of likely N-dealkylation sites (N-methyl/N-ethyl adjacent to an activating group) is 1. The van der Waals surface area contributed by atoms with Crippen molar-refractivity contribution < 1.29 is 39.0 Å². The summed E-state index contributed by atoms with van der Waals surface area (Å²) < 4.78 is 1.64. The molecule has 3 aromatic rings. The fourth-order valence-electron chi connectivity index (χ4n) is 6.29. The quantitative estimate of drug-likeness (QED) is 0.0715. The highest BCUT2D eigenvalue weighted by atomic mass is 32.2. The minimum absolute atomic E-state index is 0.0339. The predicted molar refractivity (Wildman–Crippen MR) is 211 cm³/mol. The molecule has 0 spiro atoms. The Morgan fingerprint density at radius 1 is 0.930 bits per heavy atom. The molecule has 0 aliphatic carbocycles. The third-order valence-electron chi connectivity index (χ3n) is 8.99. The van der Waals surface area contributed by atoms with E-state index in [2.05, 4.69) is 41.4 Å². The number of nitrogens with zero attached hydrogens (tertiary/aromatic N) is 9. The van der Waals surface area contributed by atoms with Crippen LogP contribution in [0.15, 0.2) is 38.5 Å². The van der Waals surface area contributed by atoms with Crippen LogP contribution in [0.2, 0.25) is 0 Å². The lowest BCUT2D eigenvalue weighted by molar-refractivity contribution is -0.150. The van der Waals surface area contributed by atoms with Crippen LogP contribution in [-0.2, 0) is 48.2 Å². The Bertz CT molecular complexity index is 2190. The van der Waals surface area contributed by atoms with Gasteiger partial charge in [-0.1, -0.05) is 11.8 Å². The molecule has 4 aliphatic heterocycles. The smallest absolute Gasteiger partial charge is 0.352 e. The molecule has 2 fully saturated rings. The van der Waals surface area contributed by atoms with Gasteiger partial charge in [0, 0.05) is 34.6 Å². The summed E-state index contributed by atoms with van der Waals surface area (Å²) in [6, 6.07) is -1.83. The van der Waals surface area contributed by atoms with Crippen LogP contribution in [-0.4, -0.2) is 158 Å². The average Bonchev–Trinajstić information content (AvgIpc) is 3.94. The van der Waals surface area contributed by atoms with Crippen LogP contribution in [0.25, 0.3) is 0 Å². The van der Waals surface area contributed by atoms with Gasteiger partial charge in [0.2, 0.25) is 17.0 Å². The molecule has 7 heterocycles. The number of rotatable bonds is 16. The van der Waals surface area contributed by atoms with Gasteiger partial charge in [0.25, 0.3) is 17.7 Å². The number of thioether (sulfide) groups is 3. The number of aliphatic carboxylic acids is 1. The zero-order valence-electron chi connectivity index (χ0n) is 30.1. The molecular formula is C31H35N13O8S5. The van der Waals surface area contributed by atoms with Crippen LogP contribution >= 0.6 is 58.0 Å². The van der Waals surface area contributed by atoms with Gasteiger partial charge in [-0.15, -0.1) is 51.3 Å². The summed E-state index contributed by atoms with van der Waals surface area (Å²) in [5, 5.41) is 42.9. The highest BCUT2D eigenvalue weighted by Gasteiger charge is 2.55. The van der Waals surface area contributed by atoms with Crippen LogP contribution in [0.4, 0.5) is 10.3 Å². The number of nitrogens with two attached hydrogens (primary N) is 1. The molecule has 3 aromatic heterocycles. The first-order valence-corrected chi connectivity index (χ1v) is 21.9. The van der Waals surface area contributed by atoms with Gasteiger partial charge in [-0.2, -0.15) is 0 Å². The number of aliphatic hydroxyl groups excluding tert-OH is 1. The van der Waals surface area contributed by atoms with E-state index in [-0.39, 0.29) is 40.9 Å². The van der Waals surface area contributed by atoms with Crippen LogP contribution in [0, 0.1) is 0 Å². The molecule has 302 valence electrons. The molecule has 26 heteroatoms. The van der Waals surface area contributed by atoms with E-state index in [1.54, 1.807) is 15.4 Å². The first kappa shape index (κ1) is 40.6. The van der Waals surface area contributed by atoms with Crippen LogP contribution in [0.3, 0.4) is 0 Å². The number of carboxylic acids is 1. The highest BCUT2D eigenvalue weighted by Crippen LogP contribution is 2.42. The second-order valence-corrected chi connectivity index (χ2v) is 18.1. The number of amides is 5. The minimum atomic E-state index is -1.25. The lowest BCUT2D eigenvalue weighted by Gasteiger charge is -2.49. The fraction of sp³-hybridized carbons (Fsp3) is 0.452. The summed E-state index contributed by atoms with van der Waals surface area (Å²) in [5.74, 6) is -3.14. The molecule has 0 radical (unpaired) electrons. The lowest BCUT2D eigenvalue weighted by atomic mass is 10.0. The third kappa shape index (κ3) is 8.51. The second-order valence-electron chi connectivity index (χ2n) is 13.2. The number of thiazole rings is 2. The SMILES string of the molecule is CN(C)CCn1nnnc1SCC1=C(C(=O)O)N2C(=O)[C@@H](NC(=O)Cc3csc(NC(=O)C4=C(CO)CS[C@@H]5[C@H](NC(=O)Cc6csc(N)n6)C(=O)N45)n3)[C@H]2SC1. The number of β-lactam (4-membered cyclic amide) rings is 2. The first-order chi connectivity index (χ1) is 27.3. The Balaban J connectivity index is 0.923. The molecule has 4 atom stereocenters. The molecule has 7 rings (SSSR count). The van der Waals surface area contributed by atoms with Gasteiger partial charge in [-0.25, -0.2) is 19.4 Å². The maximum Gasteiger partial charge on any atom is 0.352 e. The van der Waals surface area contributed by atoms with Gasteiger partial charge in [-0.05, 0) is 35.7 Å². The van der Waals surface area contributed by atoms with E-state index in [4.69, 9.17) is 5.73 Å². The van der Waals surface area contributed by atoms with Gasteiger partial charge >= 0.3 is 5.97 Å². The van der Waals surface area contributed by atoms with Gasteiger partial charge in [-0.3, -0.25) is 39.1 Å². The van der Waals surface area contributed by atoms with Gasteiger partial charge < -0.3 is 31.5 Å². The van der Waals surface area contributed by atoms with Gasteiger partial charge in [0.15, 0.2) is 10.3 Å². The fourth-order valence-corrected chi connectivity index (χ4v) is 11.3. The molecule has 5 amide bonds. The van der Waals surface area contributed by atoms with Crippen molar-refractivity contribution in [1.82, 2.24) is 55.5 Å². The number of carbonyl (C=O) groups excluding carboxylic acids is 5. The molecule has 21 nitrogen and oxygen atoms in total. The number of tetrazole rings is 1. The number of aliphatic hydroxyl groups is 1. The number of fused-ring (bicyclic) bond motifs is 2. The number of hydrogen-bond acceptors (Lipinski definition) is 19. The monoisotopic (exact) mass is 877 g/mol. The predicted octanol–water partition coefficient (Wildman–Crippen LogP) is -1.37. The highest BCUT2D eigenvalue weighted by molar-refractivity contribution is 8.01. The molecule has 4 aliphatic rings.